The Morgan fingerprint density at radius 1 is 1.35 bits per heavy atom. The normalized spacial score (nSPS) is 17.1. The number of halogens is 1. The summed E-state index contributed by atoms with van der Waals surface area (Å²) in [5.74, 6) is 1.69. The second-order valence-electron chi connectivity index (χ2n) is 5.10. The summed E-state index contributed by atoms with van der Waals surface area (Å²) in [6.07, 6.45) is 5.15. The molecule has 1 aromatic carbocycles. The van der Waals surface area contributed by atoms with Gasteiger partial charge in [-0.1, -0.05) is 36.7 Å². The average molecular weight is 252 g/mol. The summed E-state index contributed by atoms with van der Waals surface area (Å²) < 4.78 is 0. The lowest BCUT2D eigenvalue weighted by Gasteiger charge is -2.17. The third kappa shape index (κ3) is 4.01. The van der Waals surface area contributed by atoms with Crippen molar-refractivity contribution in [2.24, 2.45) is 11.8 Å². The van der Waals surface area contributed by atoms with Gasteiger partial charge in [-0.3, -0.25) is 0 Å². The fourth-order valence-electron chi connectivity index (χ4n) is 2.38. The van der Waals surface area contributed by atoms with E-state index in [1.807, 2.05) is 12.1 Å². The van der Waals surface area contributed by atoms with E-state index in [4.69, 9.17) is 11.6 Å². The summed E-state index contributed by atoms with van der Waals surface area (Å²) in [6.45, 7) is 4.49. The number of rotatable bonds is 7. The van der Waals surface area contributed by atoms with Gasteiger partial charge in [0.05, 0.1) is 0 Å². The predicted molar refractivity (Wildman–Crippen MR) is 74.5 cm³/mol. The topological polar surface area (TPSA) is 12.0 Å². The molecule has 1 nitrogen and oxygen atoms in total. The van der Waals surface area contributed by atoms with Crippen LogP contribution in [0.5, 0.6) is 0 Å². The maximum atomic E-state index is 6.23. The smallest absolute Gasteiger partial charge is 0.0438 e. The van der Waals surface area contributed by atoms with Gasteiger partial charge in [-0.05, 0) is 62.2 Å². The third-order valence-electron chi connectivity index (χ3n) is 3.56. The highest BCUT2D eigenvalue weighted by Gasteiger charge is 2.31. The zero-order valence-corrected chi connectivity index (χ0v) is 11.3. The largest absolute Gasteiger partial charge is 0.316 e. The molecule has 1 aromatic rings. The van der Waals surface area contributed by atoms with Gasteiger partial charge < -0.3 is 5.32 Å². The van der Waals surface area contributed by atoms with E-state index in [2.05, 4.69) is 24.4 Å². The van der Waals surface area contributed by atoms with Crippen LogP contribution < -0.4 is 5.32 Å². The van der Waals surface area contributed by atoms with Crippen molar-refractivity contribution in [3.8, 4) is 0 Å². The molecule has 1 aliphatic carbocycles. The van der Waals surface area contributed by atoms with Crippen molar-refractivity contribution < 1.29 is 0 Å². The van der Waals surface area contributed by atoms with E-state index in [1.165, 1.54) is 24.8 Å². The molecule has 1 fully saturated rings. The van der Waals surface area contributed by atoms with Crippen LogP contribution in [0.1, 0.15) is 31.7 Å². The van der Waals surface area contributed by atoms with Crippen molar-refractivity contribution >= 4 is 11.6 Å². The van der Waals surface area contributed by atoms with Crippen LogP contribution in [0, 0.1) is 11.8 Å². The molecule has 1 unspecified atom stereocenters. The SMILES string of the molecule is CCCNCC(Cc1ccccc1Cl)C1CC1. The molecule has 1 atom stereocenters. The maximum absolute atomic E-state index is 6.23. The molecule has 0 heterocycles. The molecule has 0 spiro atoms. The molecular weight excluding hydrogens is 230 g/mol. The van der Waals surface area contributed by atoms with E-state index in [1.54, 1.807) is 0 Å². The molecule has 0 saturated heterocycles. The van der Waals surface area contributed by atoms with Crippen LogP contribution in [0.25, 0.3) is 0 Å². The van der Waals surface area contributed by atoms with E-state index in [0.717, 1.165) is 36.4 Å². The Morgan fingerprint density at radius 2 is 2.12 bits per heavy atom. The summed E-state index contributed by atoms with van der Waals surface area (Å²) in [4.78, 5) is 0. The number of hydrogen-bond acceptors (Lipinski definition) is 1. The molecule has 17 heavy (non-hydrogen) atoms. The first-order valence-electron chi connectivity index (χ1n) is 6.75. The van der Waals surface area contributed by atoms with Gasteiger partial charge in [-0.15, -0.1) is 0 Å². The van der Waals surface area contributed by atoms with Gasteiger partial charge in [-0.25, -0.2) is 0 Å². The second kappa shape index (κ2) is 6.42. The second-order valence-corrected chi connectivity index (χ2v) is 5.50. The lowest BCUT2D eigenvalue weighted by Crippen LogP contribution is -2.26. The molecule has 0 amide bonds. The van der Waals surface area contributed by atoms with Gasteiger partial charge in [0.15, 0.2) is 0 Å². The standard InChI is InChI=1S/C15H22ClN/c1-2-9-17-11-14(12-7-8-12)10-13-5-3-4-6-15(13)16/h3-6,12,14,17H,2,7-11H2,1H3. The van der Waals surface area contributed by atoms with E-state index in [-0.39, 0.29) is 0 Å². The number of hydrogen-bond donors (Lipinski definition) is 1. The third-order valence-corrected chi connectivity index (χ3v) is 3.93. The Bertz CT molecular complexity index is 347. The fraction of sp³-hybridized carbons (Fsp3) is 0.600. The average Bonchev–Trinajstić information content (AvgIpc) is 3.15. The van der Waals surface area contributed by atoms with Crippen LogP contribution in [0.4, 0.5) is 0 Å². The van der Waals surface area contributed by atoms with Gasteiger partial charge in [0.25, 0.3) is 0 Å². The Labute approximate surface area is 110 Å². The van der Waals surface area contributed by atoms with Crippen LogP contribution >= 0.6 is 11.6 Å². The van der Waals surface area contributed by atoms with Crippen molar-refractivity contribution in [1.82, 2.24) is 5.32 Å². The van der Waals surface area contributed by atoms with Gasteiger partial charge >= 0.3 is 0 Å². The predicted octanol–water partition coefficient (Wildman–Crippen LogP) is 3.91. The summed E-state index contributed by atoms with van der Waals surface area (Å²) in [5.41, 5.74) is 1.31. The van der Waals surface area contributed by atoms with E-state index >= 15 is 0 Å². The van der Waals surface area contributed by atoms with E-state index in [9.17, 15) is 0 Å². The van der Waals surface area contributed by atoms with Crippen LogP contribution in [-0.2, 0) is 6.42 Å². The zero-order valence-electron chi connectivity index (χ0n) is 10.6. The lowest BCUT2D eigenvalue weighted by molar-refractivity contribution is 0.424. The summed E-state index contributed by atoms with van der Waals surface area (Å²) in [5, 5.41) is 4.48. The van der Waals surface area contributed by atoms with Gasteiger partial charge in [0.2, 0.25) is 0 Å². The van der Waals surface area contributed by atoms with Crippen LogP contribution in [0.3, 0.4) is 0 Å². The highest BCUT2D eigenvalue weighted by Crippen LogP contribution is 2.38. The quantitative estimate of drug-likeness (QED) is 0.725. The number of nitrogens with one attached hydrogen (secondary N) is 1. The zero-order chi connectivity index (χ0) is 12.1. The first-order chi connectivity index (χ1) is 8.31. The summed E-state index contributed by atoms with van der Waals surface area (Å²) >= 11 is 6.23. The van der Waals surface area contributed by atoms with Crippen molar-refractivity contribution in [1.29, 1.82) is 0 Å². The highest BCUT2D eigenvalue weighted by molar-refractivity contribution is 6.31. The van der Waals surface area contributed by atoms with Crippen molar-refractivity contribution in [3.05, 3.63) is 34.9 Å². The van der Waals surface area contributed by atoms with Crippen LogP contribution in [-0.4, -0.2) is 13.1 Å². The Kier molecular flexibility index (Phi) is 4.87. The van der Waals surface area contributed by atoms with Crippen molar-refractivity contribution in [2.45, 2.75) is 32.6 Å². The minimum atomic E-state index is 0.765. The van der Waals surface area contributed by atoms with E-state index < -0.39 is 0 Å². The summed E-state index contributed by atoms with van der Waals surface area (Å²) in [6, 6.07) is 8.26. The molecule has 1 aliphatic rings. The first kappa shape index (κ1) is 12.9. The molecule has 1 N–H and O–H groups in total. The lowest BCUT2D eigenvalue weighted by atomic mass is 9.94. The van der Waals surface area contributed by atoms with E-state index in [0.29, 0.717) is 0 Å². The fourth-order valence-corrected chi connectivity index (χ4v) is 2.60. The molecule has 0 bridgehead atoms. The molecular formula is C15H22ClN. The Hall–Kier alpha value is -0.530. The molecule has 1 saturated carbocycles. The highest BCUT2D eigenvalue weighted by atomic mass is 35.5. The molecule has 0 aromatic heterocycles. The van der Waals surface area contributed by atoms with Crippen molar-refractivity contribution in [2.75, 3.05) is 13.1 Å². The minimum Gasteiger partial charge on any atom is -0.316 e. The van der Waals surface area contributed by atoms with Crippen LogP contribution in [0.15, 0.2) is 24.3 Å². The van der Waals surface area contributed by atoms with Gasteiger partial charge in [0, 0.05) is 5.02 Å². The summed E-state index contributed by atoms with van der Waals surface area (Å²) in [7, 11) is 0. The first-order valence-corrected chi connectivity index (χ1v) is 7.13. The van der Waals surface area contributed by atoms with Gasteiger partial charge in [0.1, 0.15) is 0 Å². The molecule has 0 aliphatic heterocycles. The molecule has 2 rings (SSSR count). The molecule has 94 valence electrons. The molecule has 0 radical (unpaired) electrons. The monoisotopic (exact) mass is 251 g/mol. The minimum absolute atomic E-state index is 0.765. The molecule has 2 heteroatoms. The Morgan fingerprint density at radius 3 is 2.76 bits per heavy atom. The van der Waals surface area contributed by atoms with Crippen molar-refractivity contribution in [3.63, 3.8) is 0 Å². The van der Waals surface area contributed by atoms with Gasteiger partial charge in [-0.2, -0.15) is 0 Å². The maximum Gasteiger partial charge on any atom is 0.0438 e. The number of benzene rings is 1. The van der Waals surface area contributed by atoms with Crippen LogP contribution in [0.2, 0.25) is 5.02 Å². The Balaban J connectivity index is 1.91.